The van der Waals surface area contributed by atoms with Crippen molar-refractivity contribution < 1.29 is 14.6 Å². The zero-order valence-corrected chi connectivity index (χ0v) is 13.2. The summed E-state index contributed by atoms with van der Waals surface area (Å²) in [5.74, 6) is 1.38. The SMILES string of the molecule is COc1ccc(OC)c(C(O)CNCCc2ccsc2)c1. The number of aliphatic hydroxyl groups excluding tert-OH is 1. The van der Waals surface area contributed by atoms with Gasteiger partial charge in [-0.25, -0.2) is 0 Å². The average molecular weight is 307 g/mol. The smallest absolute Gasteiger partial charge is 0.124 e. The van der Waals surface area contributed by atoms with Gasteiger partial charge in [-0.15, -0.1) is 0 Å². The van der Waals surface area contributed by atoms with Crippen LogP contribution in [-0.2, 0) is 6.42 Å². The van der Waals surface area contributed by atoms with Crippen LogP contribution in [0.4, 0.5) is 0 Å². The lowest BCUT2D eigenvalue weighted by Crippen LogP contribution is -2.24. The Balaban J connectivity index is 1.88. The van der Waals surface area contributed by atoms with Crippen molar-refractivity contribution in [3.05, 3.63) is 46.2 Å². The first-order valence-electron chi connectivity index (χ1n) is 6.86. The van der Waals surface area contributed by atoms with E-state index in [-0.39, 0.29) is 0 Å². The Morgan fingerprint density at radius 3 is 2.76 bits per heavy atom. The summed E-state index contributed by atoms with van der Waals surface area (Å²) in [6.45, 7) is 1.31. The molecule has 0 amide bonds. The van der Waals surface area contributed by atoms with Gasteiger partial charge in [-0.3, -0.25) is 0 Å². The van der Waals surface area contributed by atoms with Crippen molar-refractivity contribution in [2.75, 3.05) is 27.3 Å². The van der Waals surface area contributed by atoms with Gasteiger partial charge >= 0.3 is 0 Å². The van der Waals surface area contributed by atoms with Crippen LogP contribution in [0.3, 0.4) is 0 Å². The molecular formula is C16H21NO3S. The fourth-order valence-electron chi connectivity index (χ4n) is 2.12. The van der Waals surface area contributed by atoms with Crippen LogP contribution in [0, 0.1) is 0 Å². The van der Waals surface area contributed by atoms with Gasteiger partial charge in [-0.1, -0.05) is 0 Å². The second kappa shape index (κ2) is 8.02. The number of methoxy groups -OCH3 is 2. The third kappa shape index (κ3) is 4.46. The van der Waals surface area contributed by atoms with Crippen molar-refractivity contribution in [2.45, 2.75) is 12.5 Å². The van der Waals surface area contributed by atoms with Gasteiger partial charge in [-0.05, 0) is 53.6 Å². The topological polar surface area (TPSA) is 50.7 Å². The predicted octanol–water partition coefficient (Wildman–Crippen LogP) is 2.63. The van der Waals surface area contributed by atoms with E-state index in [4.69, 9.17) is 9.47 Å². The van der Waals surface area contributed by atoms with Crippen LogP contribution in [0.5, 0.6) is 11.5 Å². The van der Waals surface area contributed by atoms with Crippen molar-refractivity contribution in [2.24, 2.45) is 0 Å². The Morgan fingerprint density at radius 2 is 2.10 bits per heavy atom. The molecule has 21 heavy (non-hydrogen) atoms. The zero-order chi connectivity index (χ0) is 15.1. The van der Waals surface area contributed by atoms with E-state index in [1.807, 2.05) is 18.2 Å². The van der Waals surface area contributed by atoms with Gasteiger partial charge in [-0.2, -0.15) is 11.3 Å². The van der Waals surface area contributed by atoms with Gasteiger partial charge in [0.05, 0.1) is 20.3 Å². The second-order valence-electron chi connectivity index (χ2n) is 4.71. The summed E-state index contributed by atoms with van der Waals surface area (Å²) in [5.41, 5.74) is 2.06. The summed E-state index contributed by atoms with van der Waals surface area (Å²) in [6.07, 6.45) is 0.336. The zero-order valence-electron chi connectivity index (χ0n) is 12.3. The van der Waals surface area contributed by atoms with Crippen LogP contribution >= 0.6 is 11.3 Å². The maximum absolute atomic E-state index is 10.3. The van der Waals surface area contributed by atoms with Crippen molar-refractivity contribution in [1.82, 2.24) is 5.32 Å². The first-order valence-corrected chi connectivity index (χ1v) is 7.80. The van der Waals surface area contributed by atoms with E-state index < -0.39 is 6.10 Å². The van der Waals surface area contributed by atoms with E-state index in [1.165, 1.54) is 5.56 Å². The molecule has 2 rings (SSSR count). The first-order chi connectivity index (χ1) is 10.2. The summed E-state index contributed by atoms with van der Waals surface area (Å²) in [4.78, 5) is 0. The maximum Gasteiger partial charge on any atom is 0.124 e. The lowest BCUT2D eigenvalue weighted by atomic mass is 10.1. The molecule has 1 unspecified atom stereocenters. The van der Waals surface area contributed by atoms with Crippen LogP contribution in [-0.4, -0.2) is 32.4 Å². The molecule has 1 aromatic carbocycles. The summed E-state index contributed by atoms with van der Waals surface area (Å²) < 4.78 is 10.5. The van der Waals surface area contributed by atoms with Gasteiger partial charge in [0.2, 0.25) is 0 Å². The molecule has 0 saturated carbocycles. The van der Waals surface area contributed by atoms with Crippen molar-refractivity contribution in [3.8, 4) is 11.5 Å². The van der Waals surface area contributed by atoms with E-state index >= 15 is 0 Å². The number of ether oxygens (including phenoxy) is 2. The fraction of sp³-hybridized carbons (Fsp3) is 0.375. The molecule has 0 aliphatic carbocycles. The number of aliphatic hydroxyl groups is 1. The molecular weight excluding hydrogens is 286 g/mol. The number of hydrogen-bond donors (Lipinski definition) is 2. The van der Waals surface area contributed by atoms with Crippen molar-refractivity contribution in [3.63, 3.8) is 0 Å². The van der Waals surface area contributed by atoms with Gasteiger partial charge in [0.25, 0.3) is 0 Å². The highest BCUT2D eigenvalue weighted by molar-refractivity contribution is 7.07. The highest BCUT2D eigenvalue weighted by atomic mass is 32.1. The minimum Gasteiger partial charge on any atom is -0.497 e. The number of rotatable bonds is 8. The Labute approximate surface area is 129 Å². The van der Waals surface area contributed by atoms with Gasteiger partial charge in [0.15, 0.2) is 0 Å². The molecule has 0 saturated heterocycles. The Bertz CT molecular complexity index is 542. The molecule has 0 aliphatic heterocycles. The predicted molar refractivity (Wildman–Crippen MR) is 85.4 cm³/mol. The van der Waals surface area contributed by atoms with Crippen molar-refractivity contribution in [1.29, 1.82) is 0 Å². The van der Waals surface area contributed by atoms with Crippen LogP contribution in [0.2, 0.25) is 0 Å². The lowest BCUT2D eigenvalue weighted by Gasteiger charge is -2.16. The number of benzene rings is 1. The Kier molecular flexibility index (Phi) is 6.04. The third-order valence-corrected chi connectivity index (χ3v) is 4.04. The molecule has 1 atom stereocenters. The molecule has 2 N–H and O–H groups in total. The Hall–Kier alpha value is -1.56. The monoisotopic (exact) mass is 307 g/mol. The highest BCUT2D eigenvalue weighted by Gasteiger charge is 2.14. The minimum atomic E-state index is -0.627. The van der Waals surface area contributed by atoms with Crippen LogP contribution in [0.1, 0.15) is 17.2 Å². The normalized spacial score (nSPS) is 12.1. The molecule has 0 bridgehead atoms. The number of thiophene rings is 1. The summed E-state index contributed by atoms with van der Waals surface area (Å²) >= 11 is 1.70. The minimum absolute atomic E-state index is 0.480. The van der Waals surface area contributed by atoms with Gasteiger partial charge < -0.3 is 19.9 Å². The fourth-order valence-corrected chi connectivity index (χ4v) is 2.82. The molecule has 5 heteroatoms. The van der Waals surface area contributed by atoms with E-state index in [0.717, 1.165) is 18.5 Å². The van der Waals surface area contributed by atoms with E-state index in [9.17, 15) is 5.11 Å². The highest BCUT2D eigenvalue weighted by Crippen LogP contribution is 2.29. The van der Waals surface area contributed by atoms with E-state index in [0.29, 0.717) is 18.0 Å². The molecule has 0 aliphatic rings. The summed E-state index contributed by atoms with van der Waals surface area (Å²) in [5, 5.41) is 17.8. The molecule has 0 radical (unpaired) electrons. The summed E-state index contributed by atoms with van der Waals surface area (Å²) in [6, 6.07) is 7.56. The van der Waals surface area contributed by atoms with E-state index in [2.05, 4.69) is 22.1 Å². The maximum atomic E-state index is 10.3. The third-order valence-electron chi connectivity index (χ3n) is 3.30. The van der Waals surface area contributed by atoms with Crippen LogP contribution in [0.25, 0.3) is 0 Å². The largest absolute Gasteiger partial charge is 0.497 e. The molecule has 1 aromatic heterocycles. The van der Waals surface area contributed by atoms with Gasteiger partial charge in [0, 0.05) is 12.1 Å². The molecule has 0 spiro atoms. The number of hydrogen-bond acceptors (Lipinski definition) is 5. The molecule has 114 valence electrons. The van der Waals surface area contributed by atoms with E-state index in [1.54, 1.807) is 25.6 Å². The Morgan fingerprint density at radius 1 is 1.24 bits per heavy atom. The standard InChI is InChI=1S/C16H21NO3S/c1-19-13-3-4-16(20-2)14(9-13)15(18)10-17-7-5-12-6-8-21-11-12/h3-4,6,8-9,11,15,17-18H,5,7,10H2,1-2H3. The lowest BCUT2D eigenvalue weighted by molar-refractivity contribution is 0.170. The molecule has 1 heterocycles. The van der Waals surface area contributed by atoms with Gasteiger partial charge in [0.1, 0.15) is 11.5 Å². The average Bonchev–Trinajstić information content (AvgIpc) is 3.04. The van der Waals surface area contributed by atoms with Crippen LogP contribution in [0.15, 0.2) is 35.0 Å². The molecule has 0 fully saturated rings. The quantitative estimate of drug-likeness (QED) is 0.736. The number of nitrogens with one attached hydrogen (secondary N) is 1. The summed E-state index contributed by atoms with van der Waals surface area (Å²) in [7, 11) is 3.21. The second-order valence-corrected chi connectivity index (χ2v) is 5.49. The van der Waals surface area contributed by atoms with Crippen LogP contribution < -0.4 is 14.8 Å². The van der Waals surface area contributed by atoms with Crippen molar-refractivity contribution >= 4 is 11.3 Å². The first kappa shape index (κ1) is 15.8. The molecule has 4 nitrogen and oxygen atoms in total. The molecule has 2 aromatic rings.